The van der Waals surface area contributed by atoms with Crippen molar-refractivity contribution in [2.24, 2.45) is 0 Å². The van der Waals surface area contributed by atoms with Gasteiger partial charge in [-0.25, -0.2) is 4.39 Å². The van der Waals surface area contributed by atoms with E-state index in [4.69, 9.17) is 0 Å². The number of hydrogen-bond donors (Lipinski definition) is 0. The molecule has 1 aromatic heterocycles. The molecular formula is C13H12FNO2. The van der Waals surface area contributed by atoms with Crippen molar-refractivity contribution in [1.82, 2.24) is 4.98 Å². The van der Waals surface area contributed by atoms with Crippen molar-refractivity contribution in [1.29, 1.82) is 0 Å². The fraction of sp³-hybridized carbons (Fsp3) is 0.231. The number of rotatable bonds is 3. The van der Waals surface area contributed by atoms with Gasteiger partial charge >= 0.3 is 5.97 Å². The highest BCUT2D eigenvalue weighted by Gasteiger charge is 2.07. The number of halogens is 1. The largest absolute Gasteiger partial charge is 0.469 e. The molecule has 0 unspecified atom stereocenters. The Bertz CT molecular complexity index is 554. The van der Waals surface area contributed by atoms with Crippen LogP contribution >= 0.6 is 0 Å². The number of esters is 1. The van der Waals surface area contributed by atoms with E-state index in [9.17, 15) is 9.18 Å². The average molecular weight is 233 g/mol. The summed E-state index contributed by atoms with van der Waals surface area (Å²) in [7, 11) is 1.35. The Kier molecular flexibility index (Phi) is 3.32. The summed E-state index contributed by atoms with van der Waals surface area (Å²) in [5.41, 5.74) is 0.715. The maximum atomic E-state index is 13.2. The van der Waals surface area contributed by atoms with Gasteiger partial charge < -0.3 is 4.74 Å². The van der Waals surface area contributed by atoms with Gasteiger partial charge in [-0.05, 0) is 23.6 Å². The molecule has 0 aliphatic rings. The molecule has 1 aromatic carbocycles. The highest BCUT2D eigenvalue weighted by Crippen LogP contribution is 2.19. The predicted molar refractivity (Wildman–Crippen MR) is 62.0 cm³/mol. The minimum absolute atomic E-state index is 0.249. The van der Waals surface area contributed by atoms with E-state index in [2.05, 4.69) is 9.72 Å². The predicted octanol–water partition coefficient (Wildman–Crippen LogP) is 2.48. The van der Waals surface area contributed by atoms with E-state index in [1.54, 1.807) is 12.3 Å². The Morgan fingerprint density at radius 1 is 1.41 bits per heavy atom. The van der Waals surface area contributed by atoms with E-state index in [1.165, 1.54) is 19.2 Å². The molecule has 88 valence electrons. The van der Waals surface area contributed by atoms with Crippen molar-refractivity contribution >= 4 is 16.7 Å². The molecule has 4 heteroatoms. The molecule has 0 bridgehead atoms. The fourth-order valence-corrected chi connectivity index (χ4v) is 1.72. The highest BCUT2D eigenvalue weighted by molar-refractivity contribution is 5.84. The lowest BCUT2D eigenvalue weighted by Crippen LogP contribution is -2.03. The molecule has 0 N–H and O–H groups in total. The Balaban J connectivity index is 2.33. The zero-order valence-electron chi connectivity index (χ0n) is 9.44. The Morgan fingerprint density at radius 2 is 2.24 bits per heavy atom. The van der Waals surface area contributed by atoms with Gasteiger partial charge in [0.05, 0.1) is 13.5 Å². The first-order chi connectivity index (χ1) is 8.20. The van der Waals surface area contributed by atoms with Gasteiger partial charge in [0.25, 0.3) is 0 Å². The monoisotopic (exact) mass is 233 g/mol. The highest BCUT2D eigenvalue weighted by atomic mass is 19.1. The van der Waals surface area contributed by atoms with Crippen molar-refractivity contribution in [2.75, 3.05) is 7.11 Å². The van der Waals surface area contributed by atoms with Gasteiger partial charge in [0, 0.05) is 23.7 Å². The number of methoxy groups -OCH3 is 1. The first-order valence-corrected chi connectivity index (χ1v) is 5.30. The minimum atomic E-state index is -0.301. The quantitative estimate of drug-likeness (QED) is 0.764. The van der Waals surface area contributed by atoms with E-state index < -0.39 is 0 Å². The lowest BCUT2D eigenvalue weighted by Gasteiger charge is -2.05. The summed E-state index contributed by atoms with van der Waals surface area (Å²) in [6, 6.07) is 6.37. The number of hydrogen-bond acceptors (Lipinski definition) is 3. The topological polar surface area (TPSA) is 39.2 Å². The van der Waals surface area contributed by atoms with Crippen LogP contribution in [0.2, 0.25) is 0 Å². The van der Waals surface area contributed by atoms with Gasteiger partial charge in [0.15, 0.2) is 0 Å². The van der Waals surface area contributed by atoms with E-state index >= 15 is 0 Å². The number of fused-ring (bicyclic) bond motifs is 1. The molecule has 0 aliphatic carbocycles. The molecular weight excluding hydrogens is 221 g/mol. The summed E-state index contributed by atoms with van der Waals surface area (Å²) in [5.74, 6) is -0.593. The molecule has 1 heterocycles. The van der Waals surface area contributed by atoms with Gasteiger partial charge in [-0.1, -0.05) is 6.07 Å². The van der Waals surface area contributed by atoms with Crippen molar-refractivity contribution in [3.05, 3.63) is 42.0 Å². The first kappa shape index (κ1) is 11.5. The van der Waals surface area contributed by atoms with Crippen LogP contribution in [0.5, 0.6) is 0 Å². The second kappa shape index (κ2) is 4.91. The zero-order valence-corrected chi connectivity index (χ0v) is 9.44. The number of carbonyl (C=O) groups excluding carboxylic acids is 1. The molecule has 2 aromatic rings. The number of aryl methyl sites for hydroxylation is 1. The van der Waals surface area contributed by atoms with E-state index in [-0.39, 0.29) is 18.2 Å². The van der Waals surface area contributed by atoms with Crippen molar-refractivity contribution < 1.29 is 13.9 Å². The van der Waals surface area contributed by atoms with Crippen LogP contribution < -0.4 is 0 Å². The number of benzene rings is 1. The lowest BCUT2D eigenvalue weighted by molar-refractivity contribution is -0.140. The third kappa shape index (κ3) is 2.58. The van der Waals surface area contributed by atoms with Crippen LogP contribution in [0, 0.1) is 5.82 Å². The zero-order chi connectivity index (χ0) is 12.3. The van der Waals surface area contributed by atoms with Crippen LogP contribution in [0.25, 0.3) is 10.8 Å². The van der Waals surface area contributed by atoms with Crippen LogP contribution in [-0.2, 0) is 16.0 Å². The van der Waals surface area contributed by atoms with E-state index in [1.807, 2.05) is 6.07 Å². The molecule has 0 saturated carbocycles. The van der Waals surface area contributed by atoms with E-state index in [0.717, 1.165) is 10.8 Å². The SMILES string of the molecule is COC(=O)CCc1nccc2ccc(F)cc12. The molecule has 0 fully saturated rings. The molecule has 2 rings (SSSR count). The number of carbonyl (C=O) groups is 1. The minimum Gasteiger partial charge on any atom is -0.469 e. The molecule has 0 saturated heterocycles. The third-order valence-corrected chi connectivity index (χ3v) is 2.60. The smallest absolute Gasteiger partial charge is 0.305 e. The normalized spacial score (nSPS) is 10.5. The van der Waals surface area contributed by atoms with Crippen LogP contribution in [0.3, 0.4) is 0 Å². The second-order valence-electron chi connectivity index (χ2n) is 3.70. The molecule has 0 atom stereocenters. The number of nitrogens with zero attached hydrogens (tertiary/aromatic N) is 1. The van der Waals surface area contributed by atoms with Gasteiger partial charge in [-0.2, -0.15) is 0 Å². The van der Waals surface area contributed by atoms with Gasteiger partial charge in [-0.15, -0.1) is 0 Å². The van der Waals surface area contributed by atoms with Gasteiger partial charge in [0.1, 0.15) is 5.82 Å². The second-order valence-corrected chi connectivity index (χ2v) is 3.70. The third-order valence-electron chi connectivity index (χ3n) is 2.60. The molecule has 0 spiro atoms. The lowest BCUT2D eigenvalue weighted by atomic mass is 10.1. The van der Waals surface area contributed by atoms with Crippen LogP contribution in [0.4, 0.5) is 4.39 Å². The van der Waals surface area contributed by atoms with Crippen molar-refractivity contribution in [2.45, 2.75) is 12.8 Å². The first-order valence-electron chi connectivity index (χ1n) is 5.30. The Morgan fingerprint density at radius 3 is 3.00 bits per heavy atom. The number of aromatic nitrogens is 1. The Hall–Kier alpha value is -1.97. The number of pyridine rings is 1. The van der Waals surface area contributed by atoms with Crippen molar-refractivity contribution in [3.8, 4) is 0 Å². The summed E-state index contributed by atoms with van der Waals surface area (Å²) in [6.45, 7) is 0. The Labute approximate surface area is 98.2 Å². The standard InChI is InChI=1S/C13H12FNO2/c1-17-13(16)5-4-12-11-8-10(14)3-2-9(11)6-7-15-12/h2-3,6-8H,4-5H2,1H3. The van der Waals surface area contributed by atoms with Crippen molar-refractivity contribution in [3.63, 3.8) is 0 Å². The summed E-state index contributed by atoms with van der Waals surface area (Å²) in [6.07, 6.45) is 2.36. The maximum absolute atomic E-state index is 13.2. The molecule has 3 nitrogen and oxygen atoms in total. The summed E-state index contributed by atoms with van der Waals surface area (Å²) < 4.78 is 17.7. The fourth-order valence-electron chi connectivity index (χ4n) is 1.72. The summed E-state index contributed by atoms with van der Waals surface area (Å²) in [4.78, 5) is 15.2. The number of ether oxygens (including phenoxy) is 1. The molecule has 0 aliphatic heterocycles. The maximum Gasteiger partial charge on any atom is 0.305 e. The molecule has 0 radical (unpaired) electrons. The summed E-state index contributed by atoms with van der Waals surface area (Å²) in [5, 5.41) is 1.66. The molecule has 0 amide bonds. The molecule has 17 heavy (non-hydrogen) atoms. The average Bonchev–Trinajstić information content (AvgIpc) is 2.35. The van der Waals surface area contributed by atoms with Crippen LogP contribution in [0.15, 0.2) is 30.5 Å². The summed E-state index contributed by atoms with van der Waals surface area (Å²) >= 11 is 0. The van der Waals surface area contributed by atoms with Crippen LogP contribution in [0.1, 0.15) is 12.1 Å². The van der Waals surface area contributed by atoms with Gasteiger partial charge in [0.2, 0.25) is 0 Å². The van der Waals surface area contributed by atoms with Crippen LogP contribution in [-0.4, -0.2) is 18.1 Å². The van der Waals surface area contributed by atoms with Gasteiger partial charge in [-0.3, -0.25) is 9.78 Å². The van der Waals surface area contributed by atoms with E-state index in [0.29, 0.717) is 12.1 Å².